The summed E-state index contributed by atoms with van der Waals surface area (Å²) in [6.07, 6.45) is 67.8. The third-order valence-electron chi connectivity index (χ3n) is 12.2. The van der Waals surface area contributed by atoms with Gasteiger partial charge in [-0.25, -0.2) is 0 Å². The van der Waals surface area contributed by atoms with Crippen molar-refractivity contribution in [3.05, 3.63) is 60.8 Å². The molecule has 66 heavy (non-hydrogen) atoms. The van der Waals surface area contributed by atoms with Gasteiger partial charge in [0.25, 0.3) is 0 Å². The van der Waals surface area contributed by atoms with Crippen LogP contribution in [0.15, 0.2) is 60.8 Å². The quantitative estimate of drug-likeness (QED) is 0.0262. The minimum absolute atomic E-state index is 0.0825. The zero-order chi connectivity index (χ0) is 47.9. The molecular formula is C60H106O6. The minimum atomic E-state index is -0.784. The van der Waals surface area contributed by atoms with Gasteiger partial charge >= 0.3 is 17.9 Å². The summed E-state index contributed by atoms with van der Waals surface area (Å²) in [5.41, 5.74) is 0. The van der Waals surface area contributed by atoms with Crippen molar-refractivity contribution < 1.29 is 28.6 Å². The molecule has 0 aliphatic carbocycles. The molecule has 0 aliphatic heterocycles. The SMILES string of the molecule is CC/C=C\C/C=C\C/C=C\CCCCCCCCCCCC(=O)OCC(COC(=O)CCCCC/C=C\CCCCCCCCC)OC(=O)CCCCCCCCC/C=C\CCCCCC. The molecule has 0 radical (unpaired) electrons. The van der Waals surface area contributed by atoms with Gasteiger partial charge in [-0.15, -0.1) is 0 Å². The molecule has 6 heteroatoms. The Labute approximate surface area is 409 Å². The van der Waals surface area contributed by atoms with Gasteiger partial charge in [-0.3, -0.25) is 14.4 Å². The van der Waals surface area contributed by atoms with Crippen LogP contribution in [-0.2, 0) is 28.6 Å². The van der Waals surface area contributed by atoms with Crippen LogP contribution in [0.5, 0.6) is 0 Å². The molecule has 0 amide bonds. The molecule has 0 N–H and O–H groups in total. The maximum atomic E-state index is 12.8. The van der Waals surface area contributed by atoms with Gasteiger partial charge in [0.15, 0.2) is 6.10 Å². The normalized spacial score (nSPS) is 12.5. The van der Waals surface area contributed by atoms with Crippen molar-refractivity contribution in [3.63, 3.8) is 0 Å². The summed E-state index contributed by atoms with van der Waals surface area (Å²) in [6.45, 7) is 6.51. The third-order valence-corrected chi connectivity index (χ3v) is 12.2. The number of allylic oxidation sites excluding steroid dienone is 10. The van der Waals surface area contributed by atoms with E-state index in [1.54, 1.807) is 0 Å². The predicted octanol–water partition coefficient (Wildman–Crippen LogP) is 18.8. The van der Waals surface area contributed by atoms with Crippen molar-refractivity contribution in [2.75, 3.05) is 13.2 Å². The Balaban J connectivity index is 4.38. The average Bonchev–Trinajstić information content (AvgIpc) is 3.31. The predicted molar refractivity (Wildman–Crippen MR) is 284 cm³/mol. The molecule has 0 rings (SSSR count). The zero-order valence-corrected chi connectivity index (χ0v) is 43.7. The second-order valence-corrected chi connectivity index (χ2v) is 18.8. The summed E-state index contributed by atoms with van der Waals surface area (Å²) < 4.78 is 16.8. The first-order valence-corrected chi connectivity index (χ1v) is 28.3. The van der Waals surface area contributed by atoms with Crippen molar-refractivity contribution in [2.45, 2.75) is 290 Å². The summed E-state index contributed by atoms with van der Waals surface area (Å²) in [7, 11) is 0. The van der Waals surface area contributed by atoms with E-state index in [-0.39, 0.29) is 31.1 Å². The van der Waals surface area contributed by atoms with E-state index in [2.05, 4.69) is 81.5 Å². The molecule has 1 unspecified atom stereocenters. The minimum Gasteiger partial charge on any atom is -0.462 e. The van der Waals surface area contributed by atoms with Gasteiger partial charge < -0.3 is 14.2 Å². The number of rotatable bonds is 51. The Kier molecular flexibility index (Phi) is 52.3. The van der Waals surface area contributed by atoms with Gasteiger partial charge in [0.2, 0.25) is 0 Å². The fourth-order valence-corrected chi connectivity index (χ4v) is 7.98. The lowest BCUT2D eigenvalue weighted by Crippen LogP contribution is -2.30. The summed E-state index contributed by atoms with van der Waals surface area (Å²) in [5.74, 6) is -0.899. The average molecular weight is 924 g/mol. The van der Waals surface area contributed by atoms with E-state index in [1.165, 1.54) is 154 Å². The Bertz CT molecular complexity index is 1200. The molecule has 382 valence electrons. The van der Waals surface area contributed by atoms with Gasteiger partial charge in [0.1, 0.15) is 13.2 Å². The van der Waals surface area contributed by atoms with Crippen molar-refractivity contribution in [3.8, 4) is 0 Å². The highest BCUT2D eigenvalue weighted by atomic mass is 16.6. The highest BCUT2D eigenvalue weighted by Gasteiger charge is 2.19. The highest BCUT2D eigenvalue weighted by molar-refractivity contribution is 5.71. The van der Waals surface area contributed by atoms with Crippen LogP contribution in [0.25, 0.3) is 0 Å². The van der Waals surface area contributed by atoms with Crippen LogP contribution in [0.3, 0.4) is 0 Å². The van der Waals surface area contributed by atoms with Crippen LogP contribution in [0.1, 0.15) is 284 Å². The highest BCUT2D eigenvalue weighted by Crippen LogP contribution is 2.15. The van der Waals surface area contributed by atoms with E-state index in [0.29, 0.717) is 19.3 Å². The van der Waals surface area contributed by atoms with E-state index >= 15 is 0 Å². The molecule has 0 aromatic rings. The first-order chi connectivity index (χ1) is 32.5. The van der Waals surface area contributed by atoms with E-state index in [1.807, 2.05) is 0 Å². The van der Waals surface area contributed by atoms with Crippen molar-refractivity contribution in [2.24, 2.45) is 0 Å². The van der Waals surface area contributed by atoms with Crippen LogP contribution in [0.4, 0.5) is 0 Å². The van der Waals surface area contributed by atoms with Gasteiger partial charge in [0, 0.05) is 19.3 Å². The molecule has 0 heterocycles. The number of carbonyl (C=O) groups excluding carboxylic acids is 3. The third kappa shape index (κ3) is 52.1. The summed E-state index contributed by atoms with van der Waals surface area (Å²) in [5, 5.41) is 0. The lowest BCUT2D eigenvalue weighted by molar-refractivity contribution is -0.167. The molecule has 6 nitrogen and oxygen atoms in total. The molecule has 0 aliphatic rings. The first-order valence-electron chi connectivity index (χ1n) is 28.3. The number of unbranched alkanes of at least 4 members (excludes halogenated alkanes) is 30. The Morgan fingerprint density at radius 2 is 0.591 bits per heavy atom. The zero-order valence-electron chi connectivity index (χ0n) is 43.7. The number of carbonyl (C=O) groups is 3. The fourth-order valence-electron chi connectivity index (χ4n) is 7.98. The molecule has 0 spiro atoms. The lowest BCUT2D eigenvalue weighted by Gasteiger charge is -2.18. The van der Waals surface area contributed by atoms with Crippen LogP contribution in [0, 0.1) is 0 Å². The summed E-state index contributed by atoms with van der Waals surface area (Å²) in [6, 6.07) is 0. The summed E-state index contributed by atoms with van der Waals surface area (Å²) >= 11 is 0. The smallest absolute Gasteiger partial charge is 0.306 e. The fraction of sp³-hybridized carbons (Fsp3) is 0.783. The molecule has 0 aromatic carbocycles. The largest absolute Gasteiger partial charge is 0.462 e. The molecule has 0 saturated heterocycles. The molecule has 1 atom stereocenters. The Hall–Kier alpha value is -2.89. The van der Waals surface area contributed by atoms with Crippen molar-refractivity contribution in [1.29, 1.82) is 0 Å². The Morgan fingerprint density at radius 3 is 0.970 bits per heavy atom. The maximum absolute atomic E-state index is 12.8. The monoisotopic (exact) mass is 923 g/mol. The molecule has 0 bridgehead atoms. The number of hydrogen-bond acceptors (Lipinski definition) is 6. The van der Waals surface area contributed by atoms with E-state index < -0.39 is 6.10 Å². The van der Waals surface area contributed by atoms with Crippen LogP contribution >= 0.6 is 0 Å². The second-order valence-electron chi connectivity index (χ2n) is 18.8. The standard InChI is InChI=1S/C60H106O6/c1-4-7-10-13-16-19-22-25-28-29-30-31-33-35-38-41-44-47-50-53-59(62)65-56-57(55-64-58(61)52-49-46-43-40-37-34-27-24-21-18-15-12-9-6-3)66-60(63)54-51-48-45-42-39-36-32-26-23-20-17-14-11-8-5-2/h7,10,16,19-20,23,25,28,34,37,57H,4-6,8-9,11-15,17-18,21-22,24,26-27,29-33,35-36,38-56H2,1-3H3/b10-7-,19-16-,23-20-,28-25-,37-34-. The van der Waals surface area contributed by atoms with E-state index in [4.69, 9.17) is 14.2 Å². The van der Waals surface area contributed by atoms with Gasteiger partial charge in [-0.05, 0) is 103 Å². The molecule has 0 fully saturated rings. The Morgan fingerprint density at radius 1 is 0.318 bits per heavy atom. The maximum Gasteiger partial charge on any atom is 0.306 e. The molecule has 0 saturated carbocycles. The van der Waals surface area contributed by atoms with Crippen LogP contribution < -0.4 is 0 Å². The lowest BCUT2D eigenvalue weighted by atomic mass is 10.1. The van der Waals surface area contributed by atoms with Gasteiger partial charge in [-0.2, -0.15) is 0 Å². The van der Waals surface area contributed by atoms with E-state index in [0.717, 1.165) is 89.9 Å². The topological polar surface area (TPSA) is 78.9 Å². The number of ether oxygens (including phenoxy) is 3. The summed E-state index contributed by atoms with van der Waals surface area (Å²) in [4.78, 5) is 38.1. The second kappa shape index (κ2) is 54.7. The van der Waals surface area contributed by atoms with Gasteiger partial charge in [-0.1, -0.05) is 223 Å². The van der Waals surface area contributed by atoms with Crippen LogP contribution in [0.2, 0.25) is 0 Å². The number of hydrogen-bond donors (Lipinski definition) is 0. The molecular weight excluding hydrogens is 817 g/mol. The molecule has 0 aromatic heterocycles. The number of esters is 3. The first kappa shape index (κ1) is 63.1. The van der Waals surface area contributed by atoms with Gasteiger partial charge in [0.05, 0.1) is 0 Å². The van der Waals surface area contributed by atoms with Crippen molar-refractivity contribution in [1.82, 2.24) is 0 Å². The van der Waals surface area contributed by atoms with Crippen molar-refractivity contribution >= 4 is 17.9 Å². The van der Waals surface area contributed by atoms with E-state index in [9.17, 15) is 14.4 Å². The van der Waals surface area contributed by atoms with Crippen LogP contribution in [-0.4, -0.2) is 37.2 Å².